The molecule has 1 aliphatic rings. The molecule has 1 heterocycles. The van der Waals surface area contributed by atoms with Crippen LogP contribution in [0.2, 0.25) is 0 Å². The van der Waals surface area contributed by atoms with E-state index < -0.39 is 5.97 Å². The highest BCUT2D eigenvalue weighted by Gasteiger charge is 2.13. The van der Waals surface area contributed by atoms with E-state index in [1.54, 1.807) is 6.08 Å². The Morgan fingerprint density at radius 1 is 1.30 bits per heavy atom. The molecular formula is C17H23NO2. The van der Waals surface area contributed by atoms with Crippen LogP contribution in [0, 0.1) is 5.92 Å². The van der Waals surface area contributed by atoms with Gasteiger partial charge in [0.2, 0.25) is 0 Å². The molecule has 1 atom stereocenters. The van der Waals surface area contributed by atoms with Crippen molar-refractivity contribution in [1.29, 1.82) is 0 Å². The van der Waals surface area contributed by atoms with Crippen molar-refractivity contribution in [1.82, 2.24) is 4.90 Å². The Bertz CT molecular complexity index is 464. The van der Waals surface area contributed by atoms with Gasteiger partial charge in [-0.05, 0) is 55.5 Å². The monoisotopic (exact) mass is 273 g/mol. The lowest BCUT2D eigenvalue weighted by Crippen LogP contribution is -2.24. The minimum Gasteiger partial charge on any atom is -0.478 e. The third kappa shape index (κ3) is 4.82. The lowest BCUT2D eigenvalue weighted by Gasteiger charge is -2.20. The highest BCUT2D eigenvalue weighted by atomic mass is 16.4. The number of likely N-dealkylation sites (tertiary alicyclic amines) is 1. The summed E-state index contributed by atoms with van der Waals surface area (Å²) in [7, 11) is 0. The quantitative estimate of drug-likeness (QED) is 0.855. The number of carboxylic acid groups (broad SMARTS) is 1. The third-order valence-corrected chi connectivity index (χ3v) is 3.91. The molecule has 1 saturated heterocycles. The van der Waals surface area contributed by atoms with Crippen LogP contribution in [-0.2, 0) is 11.3 Å². The van der Waals surface area contributed by atoms with E-state index in [0.29, 0.717) is 0 Å². The van der Waals surface area contributed by atoms with Crippen LogP contribution >= 0.6 is 0 Å². The Kier molecular flexibility index (Phi) is 5.36. The van der Waals surface area contributed by atoms with Gasteiger partial charge in [0, 0.05) is 12.6 Å². The maximum Gasteiger partial charge on any atom is 0.328 e. The standard InChI is InChI=1S/C17H23NO2/c1-14-3-2-11-18(12-10-14)13-16-6-4-15(5-7-16)8-9-17(19)20/h4-9,14H,2-3,10-13H2,1H3,(H,19,20). The van der Waals surface area contributed by atoms with E-state index in [-0.39, 0.29) is 0 Å². The summed E-state index contributed by atoms with van der Waals surface area (Å²) in [4.78, 5) is 13.0. The number of hydrogen-bond acceptors (Lipinski definition) is 2. The number of benzene rings is 1. The molecule has 1 fully saturated rings. The zero-order valence-electron chi connectivity index (χ0n) is 12.1. The van der Waals surface area contributed by atoms with Crippen LogP contribution < -0.4 is 0 Å². The van der Waals surface area contributed by atoms with Gasteiger partial charge in [0.25, 0.3) is 0 Å². The molecule has 0 saturated carbocycles. The molecular weight excluding hydrogens is 250 g/mol. The summed E-state index contributed by atoms with van der Waals surface area (Å²) in [5.41, 5.74) is 2.23. The van der Waals surface area contributed by atoms with Crippen LogP contribution in [0.3, 0.4) is 0 Å². The molecule has 3 nitrogen and oxygen atoms in total. The first kappa shape index (κ1) is 14.8. The Hall–Kier alpha value is -1.61. The summed E-state index contributed by atoms with van der Waals surface area (Å²) in [6.07, 6.45) is 6.72. The van der Waals surface area contributed by atoms with Crippen molar-refractivity contribution < 1.29 is 9.90 Å². The Morgan fingerprint density at radius 2 is 2.05 bits per heavy atom. The predicted molar refractivity (Wildman–Crippen MR) is 81.4 cm³/mol. The minimum absolute atomic E-state index is 0.850. The number of rotatable bonds is 4. The second-order valence-corrected chi connectivity index (χ2v) is 5.73. The first-order valence-corrected chi connectivity index (χ1v) is 7.36. The van der Waals surface area contributed by atoms with Gasteiger partial charge in [-0.25, -0.2) is 4.79 Å². The Morgan fingerprint density at radius 3 is 2.75 bits per heavy atom. The summed E-state index contributed by atoms with van der Waals surface area (Å²) in [5.74, 6) is -0.0590. The van der Waals surface area contributed by atoms with Gasteiger partial charge in [0.05, 0.1) is 0 Å². The SMILES string of the molecule is CC1CCCN(Cc2ccc(C=CC(=O)O)cc2)CC1. The third-order valence-electron chi connectivity index (χ3n) is 3.91. The molecule has 0 spiro atoms. The fourth-order valence-corrected chi connectivity index (χ4v) is 2.64. The number of hydrogen-bond donors (Lipinski definition) is 1. The molecule has 108 valence electrons. The molecule has 1 unspecified atom stereocenters. The molecule has 1 aromatic carbocycles. The van der Waals surface area contributed by atoms with Crippen LogP contribution in [0.1, 0.15) is 37.3 Å². The van der Waals surface area contributed by atoms with Gasteiger partial charge in [-0.3, -0.25) is 4.90 Å². The predicted octanol–water partition coefficient (Wildman–Crippen LogP) is 3.41. The van der Waals surface area contributed by atoms with Crippen LogP contribution in [0.4, 0.5) is 0 Å². The molecule has 1 N–H and O–H groups in total. The van der Waals surface area contributed by atoms with E-state index in [2.05, 4.69) is 24.0 Å². The minimum atomic E-state index is -0.909. The van der Waals surface area contributed by atoms with Gasteiger partial charge in [-0.1, -0.05) is 31.2 Å². The summed E-state index contributed by atoms with van der Waals surface area (Å²) >= 11 is 0. The molecule has 1 aliphatic heterocycles. The van der Waals surface area contributed by atoms with E-state index in [4.69, 9.17) is 5.11 Å². The number of carboxylic acids is 1. The van der Waals surface area contributed by atoms with Crippen molar-refractivity contribution in [3.8, 4) is 0 Å². The van der Waals surface area contributed by atoms with E-state index in [1.165, 1.54) is 44.0 Å². The van der Waals surface area contributed by atoms with Crippen molar-refractivity contribution in [3.63, 3.8) is 0 Å². The Balaban J connectivity index is 1.91. The van der Waals surface area contributed by atoms with Crippen LogP contribution in [0.15, 0.2) is 30.3 Å². The summed E-state index contributed by atoms with van der Waals surface area (Å²) in [6.45, 7) is 5.70. The fraction of sp³-hybridized carbons (Fsp3) is 0.471. The Labute approximate surface area is 120 Å². The average Bonchev–Trinajstić information content (AvgIpc) is 2.63. The largest absolute Gasteiger partial charge is 0.478 e. The first-order chi connectivity index (χ1) is 9.63. The van der Waals surface area contributed by atoms with Crippen LogP contribution in [0.25, 0.3) is 6.08 Å². The average molecular weight is 273 g/mol. The summed E-state index contributed by atoms with van der Waals surface area (Å²) < 4.78 is 0. The van der Waals surface area contributed by atoms with E-state index in [1.807, 2.05) is 12.1 Å². The second-order valence-electron chi connectivity index (χ2n) is 5.73. The van der Waals surface area contributed by atoms with Crippen LogP contribution in [0.5, 0.6) is 0 Å². The van der Waals surface area contributed by atoms with Gasteiger partial charge in [0.1, 0.15) is 0 Å². The maximum atomic E-state index is 10.5. The first-order valence-electron chi connectivity index (χ1n) is 7.36. The van der Waals surface area contributed by atoms with Gasteiger partial charge in [-0.15, -0.1) is 0 Å². The molecule has 0 bridgehead atoms. The maximum absolute atomic E-state index is 10.5. The molecule has 3 heteroatoms. The van der Waals surface area contributed by atoms with Crippen molar-refractivity contribution in [3.05, 3.63) is 41.5 Å². The fourth-order valence-electron chi connectivity index (χ4n) is 2.64. The number of nitrogens with zero attached hydrogens (tertiary/aromatic N) is 1. The van der Waals surface area contributed by atoms with E-state index in [0.717, 1.165) is 18.0 Å². The molecule has 0 radical (unpaired) electrons. The second kappa shape index (κ2) is 7.25. The highest BCUT2D eigenvalue weighted by molar-refractivity contribution is 5.85. The van der Waals surface area contributed by atoms with Gasteiger partial charge in [-0.2, -0.15) is 0 Å². The molecule has 0 aliphatic carbocycles. The zero-order valence-corrected chi connectivity index (χ0v) is 12.1. The number of aliphatic carboxylic acids is 1. The lowest BCUT2D eigenvalue weighted by atomic mass is 10.0. The van der Waals surface area contributed by atoms with Crippen molar-refractivity contribution in [2.24, 2.45) is 5.92 Å². The van der Waals surface area contributed by atoms with Crippen molar-refractivity contribution >= 4 is 12.0 Å². The molecule has 0 aromatic heterocycles. The lowest BCUT2D eigenvalue weighted by molar-refractivity contribution is -0.131. The zero-order chi connectivity index (χ0) is 14.4. The van der Waals surface area contributed by atoms with Gasteiger partial charge >= 0.3 is 5.97 Å². The topological polar surface area (TPSA) is 40.5 Å². The van der Waals surface area contributed by atoms with Crippen LogP contribution in [-0.4, -0.2) is 29.1 Å². The van der Waals surface area contributed by atoms with Crippen molar-refractivity contribution in [2.75, 3.05) is 13.1 Å². The summed E-state index contributed by atoms with van der Waals surface area (Å²) in [6, 6.07) is 8.15. The van der Waals surface area contributed by atoms with Gasteiger partial charge in [0.15, 0.2) is 0 Å². The summed E-state index contributed by atoms with van der Waals surface area (Å²) in [5, 5.41) is 8.60. The molecule has 1 aromatic rings. The number of carbonyl (C=O) groups is 1. The van der Waals surface area contributed by atoms with E-state index in [9.17, 15) is 4.79 Å². The molecule has 0 amide bonds. The smallest absolute Gasteiger partial charge is 0.328 e. The molecule has 2 rings (SSSR count). The van der Waals surface area contributed by atoms with E-state index >= 15 is 0 Å². The molecule has 20 heavy (non-hydrogen) atoms. The van der Waals surface area contributed by atoms with Crippen molar-refractivity contribution in [2.45, 2.75) is 32.7 Å². The van der Waals surface area contributed by atoms with Gasteiger partial charge < -0.3 is 5.11 Å². The highest BCUT2D eigenvalue weighted by Crippen LogP contribution is 2.18. The normalized spacial score (nSPS) is 20.9.